The standard InChI is InChI=1S/C21H20Cl2N4O2S/c1-14(20(28)26-9-11-29-12-10-26)30-21-25-24-19(17-8-7-15(22)13-18(17)23)27(21)16-5-3-2-4-6-16/h2-8,13-14H,9-12H2,1H3. The minimum Gasteiger partial charge on any atom is -0.378 e. The summed E-state index contributed by atoms with van der Waals surface area (Å²) in [7, 11) is 0. The topological polar surface area (TPSA) is 60.2 Å². The van der Waals surface area contributed by atoms with E-state index in [9.17, 15) is 4.79 Å². The second-order valence-corrected chi connectivity index (χ2v) is 8.95. The van der Waals surface area contributed by atoms with Gasteiger partial charge in [0.15, 0.2) is 11.0 Å². The maximum Gasteiger partial charge on any atom is 0.236 e. The number of ether oxygens (including phenoxy) is 1. The molecule has 2 heterocycles. The number of carbonyl (C=O) groups is 1. The molecular weight excluding hydrogens is 443 g/mol. The number of thioether (sulfide) groups is 1. The summed E-state index contributed by atoms with van der Waals surface area (Å²) in [6, 6.07) is 15.0. The van der Waals surface area contributed by atoms with Gasteiger partial charge in [0, 0.05) is 29.4 Å². The van der Waals surface area contributed by atoms with Crippen LogP contribution in [0.25, 0.3) is 17.1 Å². The molecule has 3 aromatic rings. The van der Waals surface area contributed by atoms with E-state index in [1.54, 1.807) is 12.1 Å². The number of halogens is 2. The van der Waals surface area contributed by atoms with Crippen LogP contribution in [0.4, 0.5) is 0 Å². The summed E-state index contributed by atoms with van der Waals surface area (Å²) >= 11 is 13.9. The van der Waals surface area contributed by atoms with Gasteiger partial charge >= 0.3 is 0 Å². The van der Waals surface area contributed by atoms with Crippen LogP contribution in [0.15, 0.2) is 53.7 Å². The number of carbonyl (C=O) groups excluding carboxylic acids is 1. The van der Waals surface area contributed by atoms with E-state index in [0.717, 1.165) is 11.3 Å². The predicted octanol–water partition coefficient (Wildman–Crippen LogP) is 4.58. The Balaban J connectivity index is 1.70. The lowest BCUT2D eigenvalue weighted by atomic mass is 10.2. The smallest absolute Gasteiger partial charge is 0.236 e. The molecule has 156 valence electrons. The van der Waals surface area contributed by atoms with Crippen molar-refractivity contribution >= 4 is 40.9 Å². The van der Waals surface area contributed by atoms with Crippen LogP contribution < -0.4 is 0 Å². The van der Waals surface area contributed by atoms with E-state index < -0.39 is 0 Å². The zero-order valence-corrected chi connectivity index (χ0v) is 18.6. The van der Waals surface area contributed by atoms with Crippen LogP contribution in [0.5, 0.6) is 0 Å². The van der Waals surface area contributed by atoms with Gasteiger partial charge in [-0.15, -0.1) is 10.2 Å². The van der Waals surface area contributed by atoms with Gasteiger partial charge in [-0.05, 0) is 37.3 Å². The minimum atomic E-state index is -0.316. The molecule has 2 aromatic carbocycles. The fraction of sp³-hybridized carbons (Fsp3) is 0.286. The summed E-state index contributed by atoms with van der Waals surface area (Å²) in [4.78, 5) is 14.7. The molecule has 4 rings (SSSR count). The quantitative estimate of drug-likeness (QED) is 0.519. The summed E-state index contributed by atoms with van der Waals surface area (Å²) in [6.07, 6.45) is 0. The van der Waals surface area contributed by atoms with Crippen molar-refractivity contribution in [2.24, 2.45) is 0 Å². The number of aromatic nitrogens is 3. The number of hydrogen-bond acceptors (Lipinski definition) is 5. The molecule has 1 aromatic heterocycles. The van der Waals surface area contributed by atoms with E-state index in [0.29, 0.717) is 47.3 Å². The molecule has 1 fully saturated rings. The molecule has 0 N–H and O–H groups in total. The second-order valence-electron chi connectivity index (χ2n) is 6.80. The highest BCUT2D eigenvalue weighted by atomic mass is 35.5. The average Bonchev–Trinajstić information content (AvgIpc) is 3.17. The molecule has 0 saturated carbocycles. The molecule has 9 heteroatoms. The number of rotatable bonds is 5. The van der Waals surface area contributed by atoms with Crippen molar-refractivity contribution in [2.75, 3.05) is 26.3 Å². The largest absolute Gasteiger partial charge is 0.378 e. The number of morpholine rings is 1. The molecule has 1 aliphatic heterocycles. The highest BCUT2D eigenvalue weighted by Crippen LogP contribution is 2.34. The number of hydrogen-bond donors (Lipinski definition) is 0. The van der Waals surface area contributed by atoms with Gasteiger partial charge in [-0.1, -0.05) is 53.2 Å². The van der Waals surface area contributed by atoms with Gasteiger partial charge in [-0.3, -0.25) is 9.36 Å². The van der Waals surface area contributed by atoms with Crippen LogP contribution in [0.1, 0.15) is 6.92 Å². The second kappa shape index (κ2) is 9.39. The molecule has 0 radical (unpaired) electrons. The van der Waals surface area contributed by atoms with Crippen LogP contribution in [0, 0.1) is 0 Å². The highest BCUT2D eigenvalue weighted by Gasteiger charge is 2.26. The Labute approximate surface area is 189 Å². The van der Waals surface area contributed by atoms with Gasteiger partial charge in [0.1, 0.15) is 0 Å². The zero-order chi connectivity index (χ0) is 21.1. The monoisotopic (exact) mass is 462 g/mol. The van der Waals surface area contributed by atoms with Crippen LogP contribution >= 0.6 is 35.0 Å². The summed E-state index contributed by atoms with van der Waals surface area (Å²) in [5, 5.41) is 10.1. The first-order valence-electron chi connectivity index (χ1n) is 9.54. The molecule has 6 nitrogen and oxygen atoms in total. The normalized spacial score (nSPS) is 15.2. The summed E-state index contributed by atoms with van der Waals surface area (Å²) in [5.74, 6) is 0.661. The number of nitrogens with zero attached hydrogens (tertiary/aromatic N) is 4. The predicted molar refractivity (Wildman–Crippen MR) is 120 cm³/mol. The lowest BCUT2D eigenvalue weighted by molar-refractivity contribution is -0.134. The molecule has 0 spiro atoms. The lowest BCUT2D eigenvalue weighted by Crippen LogP contribution is -2.44. The van der Waals surface area contributed by atoms with Crippen molar-refractivity contribution in [3.63, 3.8) is 0 Å². The average molecular weight is 463 g/mol. The third-order valence-electron chi connectivity index (χ3n) is 4.77. The molecule has 30 heavy (non-hydrogen) atoms. The molecule has 0 bridgehead atoms. The van der Waals surface area contributed by atoms with Crippen LogP contribution in [-0.4, -0.2) is 57.1 Å². The third kappa shape index (κ3) is 4.49. The molecule has 1 aliphatic rings. The van der Waals surface area contributed by atoms with Gasteiger partial charge in [-0.25, -0.2) is 0 Å². The van der Waals surface area contributed by atoms with Crippen molar-refractivity contribution in [2.45, 2.75) is 17.3 Å². The maximum absolute atomic E-state index is 12.9. The highest BCUT2D eigenvalue weighted by molar-refractivity contribution is 8.00. The van der Waals surface area contributed by atoms with E-state index in [-0.39, 0.29) is 11.2 Å². The van der Waals surface area contributed by atoms with Crippen molar-refractivity contribution in [1.29, 1.82) is 0 Å². The first-order valence-corrected chi connectivity index (χ1v) is 11.2. The van der Waals surface area contributed by atoms with Crippen molar-refractivity contribution in [3.8, 4) is 17.1 Å². The summed E-state index contributed by atoms with van der Waals surface area (Å²) < 4.78 is 7.27. The van der Waals surface area contributed by atoms with Crippen molar-refractivity contribution < 1.29 is 9.53 Å². The van der Waals surface area contributed by atoms with Crippen molar-refractivity contribution in [1.82, 2.24) is 19.7 Å². The number of amides is 1. The van der Waals surface area contributed by atoms with E-state index in [4.69, 9.17) is 27.9 Å². The Bertz CT molecular complexity index is 1040. The molecule has 1 saturated heterocycles. The van der Waals surface area contributed by atoms with Gasteiger partial charge in [-0.2, -0.15) is 0 Å². The molecular formula is C21H20Cl2N4O2S. The van der Waals surface area contributed by atoms with Crippen molar-refractivity contribution in [3.05, 3.63) is 58.6 Å². The van der Waals surface area contributed by atoms with E-state index in [2.05, 4.69) is 10.2 Å². The molecule has 1 atom stereocenters. The Hall–Kier alpha value is -2.06. The fourth-order valence-electron chi connectivity index (χ4n) is 3.25. The van der Waals surface area contributed by atoms with E-state index >= 15 is 0 Å². The fourth-order valence-corrected chi connectivity index (χ4v) is 4.70. The first-order chi connectivity index (χ1) is 14.5. The maximum atomic E-state index is 12.9. The zero-order valence-electron chi connectivity index (χ0n) is 16.3. The first kappa shape index (κ1) is 21.2. The Morgan fingerprint density at radius 1 is 1.10 bits per heavy atom. The van der Waals surface area contributed by atoms with E-state index in [1.165, 1.54) is 11.8 Å². The minimum absolute atomic E-state index is 0.0667. The number of para-hydroxylation sites is 1. The van der Waals surface area contributed by atoms with Gasteiger partial charge < -0.3 is 9.64 Å². The van der Waals surface area contributed by atoms with Gasteiger partial charge in [0.05, 0.1) is 23.5 Å². The van der Waals surface area contributed by atoms with Gasteiger partial charge in [0.25, 0.3) is 0 Å². The van der Waals surface area contributed by atoms with Crippen LogP contribution in [-0.2, 0) is 9.53 Å². The Morgan fingerprint density at radius 2 is 1.83 bits per heavy atom. The third-order valence-corrected chi connectivity index (χ3v) is 6.35. The van der Waals surface area contributed by atoms with Crippen LogP contribution in [0.3, 0.4) is 0 Å². The van der Waals surface area contributed by atoms with Crippen LogP contribution in [0.2, 0.25) is 10.0 Å². The molecule has 0 aliphatic carbocycles. The number of benzene rings is 2. The molecule has 1 amide bonds. The lowest BCUT2D eigenvalue weighted by Gasteiger charge is -2.28. The van der Waals surface area contributed by atoms with E-state index in [1.807, 2.05) is 52.8 Å². The summed E-state index contributed by atoms with van der Waals surface area (Å²) in [5.41, 5.74) is 1.61. The summed E-state index contributed by atoms with van der Waals surface area (Å²) in [6.45, 7) is 4.26. The Kier molecular flexibility index (Phi) is 6.63. The van der Waals surface area contributed by atoms with Gasteiger partial charge in [0.2, 0.25) is 5.91 Å². The Morgan fingerprint density at radius 3 is 2.53 bits per heavy atom. The SMILES string of the molecule is CC(Sc1nnc(-c2ccc(Cl)cc2Cl)n1-c1ccccc1)C(=O)N1CCOCC1. The molecule has 1 unspecified atom stereocenters.